The van der Waals surface area contributed by atoms with Crippen LogP contribution in [0.4, 0.5) is 0 Å². The monoisotopic (exact) mass is 329 g/mol. The van der Waals surface area contributed by atoms with Crippen molar-refractivity contribution in [1.82, 2.24) is 4.90 Å². The summed E-state index contributed by atoms with van der Waals surface area (Å²) < 4.78 is 4.68. The first-order valence-corrected chi connectivity index (χ1v) is 7.94. The zero-order chi connectivity index (χ0) is 17.9. The van der Waals surface area contributed by atoms with E-state index in [1.54, 1.807) is 29.2 Å². The third-order valence-corrected chi connectivity index (χ3v) is 4.08. The molecule has 1 unspecified atom stereocenters. The number of amides is 1. The minimum atomic E-state index is -0.725. The summed E-state index contributed by atoms with van der Waals surface area (Å²) in [5.74, 6) is -0.795. The van der Waals surface area contributed by atoms with Crippen molar-refractivity contribution in [2.75, 3.05) is 13.7 Å². The zero-order valence-electron chi connectivity index (χ0n) is 14.5. The van der Waals surface area contributed by atoms with Gasteiger partial charge in [0, 0.05) is 23.6 Å². The van der Waals surface area contributed by atoms with Crippen LogP contribution in [0, 0.1) is 5.41 Å². The first-order chi connectivity index (χ1) is 11.3. The van der Waals surface area contributed by atoms with Gasteiger partial charge in [-0.25, -0.2) is 4.79 Å². The van der Waals surface area contributed by atoms with E-state index in [9.17, 15) is 14.4 Å². The molecule has 2 rings (SSSR count). The second-order valence-corrected chi connectivity index (χ2v) is 6.87. The molecule has 1 aromatic carbocycles. The number of likely N-dealkylation sites (tertiary alicyclic amines) is 1. The second kappa shape index (κ2) is 6.99. The van der Waals surface area contributed by atoms with E-state index in [0.717, 1.165) is 0 Å². The predicted octanol–water partition coefficient (Wildman–Crippen LogP) is 2.62. The lowest BCUT2D eigenvalue weighted by molar-refractivity contribution is -0.134. The zero-order valence-corrected chi connectivity index (χ0v) is 14.5. The molecule has 5 heteroatoms. The Morgan fingerprint density at radius 3 is 2.33 bits per heavy atom. The molecule has 1 aromatic rings. The van der Waals surface area contributed by atoms with Gasteiger partial charge in [0.05, 0.1) is 7.11 Å². The molecule has 1 fully saturated rings. The van der Waals surface area contributed by atoms with E-state index in [4.69, 9.17) is 0 Å². The van der Waals surface area contributed by atoms with Crippen molar-refractivity contribution in [3.05, 3.63) is 47.5 Å². The number of carbonyl (C=O) groups excluding carboxylic acids is 3. The molecule has 1 aliphatic rings. The van der Waals surface area contributed by atoms with Gasteiger partial charge >= 0.3 is 5.97 Å². The maximum Gasteiger partial charge on any atom is 0.330 e. The third-order valence-electron chi connectivity index (χ3n) is 4.08. The van der Waals surface area contributed by atoms with Gasteiger partial charge in [0.15, 0.2) is 5.78 Å². The predicted molar refractivity (Wildman–Crippen MR) is 90.4 cm³/mol. The van der Waals surface area contributed by atoms with Crippen molar-refractivity contribution >= 4 is 17.7 Å². The van der Waals surface area contributed by atoms with Crippen molar-refractivity contribution in [2.45, 2.75) is 33.2 Å². The molecule has 0 spiro atoms. The van der Waals surface area contributed by atoms with Crippen molar-refractivity contribution in [2.24, 2.45) is 5.41 Å². The number of hydrogen-bond donors (Lipinski definition) is 0. The molecule has 1 heterocycles. The van der Waals surface area contributed by atoms with E-state index in [2.05, 4.69) is 4.74 Å². The number of ether oxygens (including phenoxy) is 1. The number of rotatable bonds is 3. The lowest BCUT2D eigenvalue weighted by atomic mass is 9.83. The van der Waals surface area contributed by atoms with Crippen molar-refractivity contribution < 1.29 is 19.1 Å². The number of Topliss-reactive ketones (excluding diaryl/α,β-unsaturated/α-hetero) is 1. The van der Waals surface area contributed by atoms with Crippen LogP contribution in [0.25, 0.3) is 0 Å². The van der Waals surface area contributed by atoms with E-state index in [1.165, 1.54) is 13.2 Å². The van der Waals surface area contributed by atoms with Crippen LogP contribution in [0.5, 0.6) is 0 Å². The quantitative estimate of drug-likeness (QED) is 0.632. The molecular weight excluding hydrogens is 306 g/mol. The van der Waals surface area contributed by atoms with Gasteiger partial charge in [0.25, 0.3) is 5.91 Å². The molecule has 0 radical (unpaired) electrons. The molecule has 24 heavy (non-hydrogen) atoms. The Bertz CT molecular complexity index is 670. The smallest absolute Gasteiger partial charge is 0.330 e. The number of methoxy groups -OCH3 is 1. The highest BCUT2D eigenvalue weighted by Gasteiger charge is 2.42. The minimum absolute atomic E-state index is 0.0839. The number of hydrogen-bond acceptors (Lipinski definition) is 4. The topological polar surface area (TPSA) is 63.7 Å². The van der Waals surface area contributed by atoms with Gasteiger partial charge in [-0.1, -0.05) is 39.0 Å². The maximum absolute atomic E-state index is 12.9. The molecule has 1 atom stereocenters. The Kier molecular flexibility index (Phi) is 5.22. The summed E-state index contributed by atoms with van der Waals surface area (Å²) in [5, 5.41) is 0. The average Bonchev–Trinajstić information content (AvgIpc) is 2.96. The summed E-state index contributed by atoms with van der Waals surface area (Å²) in [6.07, 6.45) is 1.83. The van der Waals surface area contributed by atoms with Gasteiger partial charge in [-0.05, 0) is 24.1 Å². The SMILES string of the molecule is COC(=O)/C=C1/CCN(C(=O)c2ccccc2)C1C(=O)C(C)(C)C. The largest absolute Gasteiger partial charge is 0.466 e. The fraction of sp³-hybridized carbons (Fsp3) is 0.421. The molecule has 0 aliphatic carbocycles. The molecule has 5 nitrogen and oxygen atoms in total. The first-order valence-electron chi connectivity index (χ1n) is 7.94. The van der Waals surface area contributed by atoms with Crippen LogP contribution in [-0.4, -0.2) is 42.3 Å². The fourth-order valence-electron chi connectivity index (χ4n) is 2.76. The lowest BCUT2D eigenvalue weighted by Crippen LogP contribution is -2.45. The molecule has 128 valence electrons. The lowest BCUT2D eigenvalue weighted by Gasteiger charge is -2.29. The van der Waals surface area contributed by atoms with Gasteiger partial charge in [0.1, 0.15) is 6.04 Å². The van der Waals surface area contributed by atoms with Crippen molar-refractivity contribution in [1.29, 1.82) is 0 Å². The third kappa shape index (κ3) is 3.72. The summed E-state index contributed by atoms with van der Waals surface area (Å²) in [6, 6.07) is 8.13. The van der Waals surface area contributed by atoms with Gasteiger partial charge in [-0.3, -0.25) is 9.59 Å². The average molecular weight is 329 g/mol. The number of nitrogens with zero attached hydrogens (tertiary/aromatic N) is 1. The summed E-state index contributed by atoms with van der Waals surface area (Å²) in [5.41, 5.74) is 0.536. The van der Waals surface area contributed by atoms with E-state index in [-0.39, 0.29) is 11.7 Å². The van der Waals surface area contributed by atoms with Crippen LogP contribution in [0.2, 0.25) is 0 Å². The van der Waals surface area contributed by atoms with Gasteiger partial charge in [-0.15, -0.1) is 0 Å². The standard InChI is InChI=1S/C19H23NO4/c1-19(2,3)17(22)16-14(12-15(21)24-4)10-11-20(16)18(23)13-8-6-5-7-9-13/h5-9,12,16H,10-11H2,1-4H3/b14-12-. The van der Waals surface area contributed by atoms with Gasteiger partial charge in [0.2, 0.25) is 0 Å². The summed E-state index contributed by atoms with van der Waals surface area (Å²) in [7, 11) is 1.29. The molecule has 0 N–H and O–H groups in total. The van der Waals surface area contributed by atoms with Crippen molar-refractivity contribution in [3.8, 4) is 0 Å². The minimum Gasteiger partial charge on any atom is -0.466 e. The van der Waals surface area contributed by atoms with E-state index < -0.39 is 17.4 Å². The molecule has 0 aromatic heterocycles. The van der Waals surface area contributed by atoms with Crippen molar-refractivity contribution in [3.63, 3.8) is 0 Å². The van der Waals surface area contributed by atoms with Crippen LogP contribution in [-0.2, 0) is 14.3 Å². The Balaban J connectivity index is 2.40. The Hall–Kier alpha value is -2.43. The number of ketones is 1. The molecular formula is C19H23NO4. The maximum atomic E-state index is 12.9. The molecule has 1 saturated heterocycles. The Labute approximate surface area is 142 Å². The summed E-state index contributed by atoms with van der Waals surface area (Å²) in [6.45, 7) is 5.85. The highest BCUT2D eigenvalue weighted by molar-refractivity contribution is 6.02. The Morgan fingerprint density at radius 1 is 1.17 bits per heavy atom. The summed E-state index contributed by atoms with van der Waals surface area (Å²) in [4.78, 5) is 38.9. The molecule has 1 amide bonds. The first kappa shape index (κ1) is 17.9. The van der Waals surface area contributed by atoms with E-state index in [1.807, 2.05) is 26.8 Å². The highest BCUT2D eigenvalue weighted by Crippen LogP contribution is 2.31. The van der Waals surface area contributed by atoms with E-state index in [0.29, 0.717) is 24.1 Å². The fourth-order valence-corrected chi connectivity index (χ4v) is 2.76. The number of esters is 1. The second-order valence-electron chi connectivity index (χ2n) is 6.87. The highest BCUT2D eigenvalue weighted by atomic mass is 16.5. The molecule has 0 bridgehead atoms. The van der Waals surface area contributed by atoms with Gasteiger partial charge < -0.3 is 9.64 Å². The summed E-state index contributed by atoms with van der Waals surface area (Å²) >= 11 is 0. The molecule has 0 saturated carbocycles. The van der Waals surface area contributed by atoms with Crippen LogP contribution < -0.4 is 0 Å². The number of carbonyl (C=O) groups is 3. The van der Waals surface area contributed by atoms with Crippen LogP contribution in [0.15, 0.2) is 42.0 Å². The van der Waals surface area contributed by atoms with Crippen LogP contribution in [0.1, 0.15) is 37.6 Å². The van der Waals surface area contributed by atoms with Gasteiger partial charge in [-0.2, -0.15) is 0 Å². The van der Waals surface area contributed by atoms with Crippen LogP contribution in [0.3, 0.4) is 0 Å². The van der Waals surface area contributed by atoms with E-state index >= 15 is 0 Å². The Morgan fingerprint density at radius 2 is 1.79 bits per heavy atom. The van der Waals surface area contributed by atoms with Crippen LogP contribution >= 0.6 is 0 Å². The molecule has 1 aliphatic heterocycles. The normalized spacial score (nSPS) is 19.4. The number of benzene rings is 1.